The summed E-state index contributed by atoms with van der Waals surface area (Å²) in [6, 6.07) is 17.4. The maximum atomic E-state index is 12.4. The second kappa shape index (κ2) is 7.24. The lowest BCUT2D eigenvalue weighted by molar-refractivity contribution is 0.0296. The first-order valence-electron chi connectivity index (χ1n) is 9.40. The summed E-state index contributed by atoms with van der Waals surface area (Å²) >= 11 is 0. The van der Waals surface area contributed by atoms with E-state index in [1.54, 1.807) is 12.0 Å². The Kier molecular flexibility index (Phi) is 4.79. The first-order valence-corrected chi connectivity index (χ1v) is 9.40. The summed E-state index contributed by atoms with van der Waals surface area (Å²) in [5, 5.41) is 11.2. The molecule has 0 bridgehead atoms. The SMILES string of the molecule is COc1cccc([C@]2(O)C[C@H]3CN(C(=O)OCc4ccccc4)C[C@H]3C2)c1. The molecule has 27 heavy (non-hydrogen) atoms. The van der Waals surface area contributed by atoms with E-state index in [4.69, 9.17) is 9.47 Å². The fourth-order valence-corrected chi connectivity index (χ4v) is 4.46. The molecule has 142 valence electrons. The molecule has 2 fully saturated rings. The number of hydrogen-bond donors (Lipinski definition) is 1. The average Bonchev–Trinajstić information content (AvgIpc) is 3.23. The van der Waals surface area contributed by atoms with E-state index in [0.29, 0.717) is 44.4 Å². The van der Waals surface area contributed by atoms with Gasteiger partial charge in [-0.2, -0.15) is 0 Å². The number of carbonyl (C=O) groups excluding carboxylic acids is 1. The van der Waals surface area contributed by atoms with Gasteiger partial charge in [0.05, 0.1) is 12.7 Å². The number of hydrogen-bond acceptors (Lipinski definition) is 4. The molecule has 3 atom stereocenters. The van der Waals surface area contributed by atoms with Crippen molar-refractivity contribution in [1.29, 1.82) is 0 Å². The number of nitrogens with zero attached hydrogens (tertiary/aromatic N) is 1. The van der Waals surface area contributed by atoms with Crippen molar-refractivity contribution in [3.05, 3.63) is 65.7 Å². The van der Waals surface area contributed by atoms with E-state index in [0.717, 1.165) is 16.9 Å². The zero-order valence-corrected chi connectivity index (χ0v) is 15.5. The van der Waals surface area contributed by atoms with Gasteiger partial charge in [-0.1, -0.05) is 42.5 Å². The zero-order valence-electron chi connectivity index (χ0n) is 15.5. The highest BCUT2D eigenvalue weighted by Gasteiger charge is 2.50. The van der Waals surface area contributed by atoms with Crippen LogP contribution in [0.2, 0.25) is 0 Å². The second-order valence-corrected chi connectivity index (χ2v) is 7.64. The van der Waals surface area contributed by atoms with Gasteiger partial charge in [0.1, 0.15) is 12.4 Å². The van der Waals surface area contributed by atoms with Crippen molar-refractivity contribution in [1.82, 2.24) is 4.90 Å². The molecular weight excluding hydrogens is 342 g/mol. The van der Waals surface area contributed by atoms with Gasteiger partial charge in [0.2, 0.25) is 0 Å². The molecule has 1 saturated carbocycles. The lowest BCUT2D eigenvalue weighted by atomic mass is 9.90. The Hall–Kier alpha value is -2.53. The molecule has 2 aromatic rings. The summed E-state index contributed by atoms with van der Waals surface area (Å²) in [5.41, 5.74) is 1.04. The van der Waals surface area contributed by atoms with Crippen LogP contribution in [0.3, 0.4) is 0 Å². The molecule has 1 amide bonds. The normalized spacial score (nSPS) is 26.7. The zero-order chi connectivity index (χ0) is 18.9. The van der Waals surface area contributed by atoms with Crippen LogP contribution in [-0.4, -0.2) is 36.3 Å². The van der Waals surface area contributed by atoms with Crippen LogP contribution in [-0.2, 0) is 16.9 Å². The third kappa shape index (κ3) is 3.65. The maximum Gasteiger partial charge on any atom is 0.410 e. The first-order chi connectivity index (χ1) is 13.1. The van der Waals surface area contributed by atoms with Gasteiger partial charge < -0.3 is 19.5 Å². The van der Waals surface area contributed by atoms with Crippen molar-refractivity contribution < 1.29 is 19.4 Å². The summed E-state index contributed by atoms with van der Waals surface area (Å²) in [4.78, 5) is 14.2. The van der Waals surface area contributed by atoms with Gasteiger partial charge in [-0.25, -0.2) is 4.79 Å². The minimum atomic E-state index is -0.843. The molecule has 0 spiro atoms. The van der Waals surface area contributed by atoms with Crippen molar-refractivity contribution in [2.75, 3.05) is 20.2 Å². The molecule has 1 N–H and O–H groups in total. The summed E-state index contributed by atoms with van der Waals surface area (Å²) in [7, 11) is 1.63. The van der Waals surface area contributed by atoms with Gasteiger partial charge >= 0.3 is 6.09 Å². The molecule has 5 heteroatoms. The van der Waals surface area contributed by atoms with E-state index in [1.165, 1.54) is 0 Å². The van der Waals surface area contributed by atoms with E-state index >= 15 is 0 Å². The minimum absolute atomic E-state index is 0.266. The Balaban J connectivity index is 1.35. The molecule has 0 radical (unpaired) electrons. The Morgan fingerprint density at radius 2 is 1.81 bits per heavy atom. The number of likely N-dealkylation sites (tertiary alicyclic amines) is 1. The van der Waals surface area contributed by atoms with E-state index < -0.39 is 5.60 Å². The monoisotopic (exact) mass is 367 g/mol. The van der Waals surface area contributed by atoms with Crippen molar-refractivity contribution in [3.63, 3.8) is 0 Å². The summed E-state index contributed by atoms with van der Waals surface area (Å²) in [6.07, 6.45) is 1.05. The number of aliphatic hydroxyl groups is 1. The van der Waals surface area contributed by atoms with Gasteiger partial charge in [0.15, 0.2) is 0 Å². The molecule has 1 aliphatic carbocycles. The number of methoxy groups -OCH3 is 1. The van der Waals surface area contributed by atoms with Gasteiger partial charge in [0, 0.05) is 13.1 Å². The van der Waals surface area contributed by atoms with Gasteiger partial charge in [0.25, 0.3) is 0 Å². The largest absolute Gasteiger partial charge is 0.497 e. The van der Waals surface area contributed by atoms with Crippen molar-refractivity contribution in [2.45, 2.75) is 25.0 Å². The number of amides is 1. The second-order valence-electron chi connectivity index (χ2n) is 7.64. The fraction of sp³-hybridized carbons (Fsp3) is 0.409. The highest BCUT2D eigenvalue weighted by Crippen LogP contribution is 2.49. The van der Waals surface area contributed by atoms with Crippen LogP contribution in [0.25, 0.3) is 0 Å². The molecule has 5 nitrogen and oxygen atoms in total. The fourth-order valence-electron chi connectivity index (χ4n) is 4.46. The molecule has 0 unspecified atom stereocenters. The third-order valence-electron chi connectivity index (χ3n) is 5.85. The van der Waals surface area contributed by atoms with Gasteiger partial charge in [-0.3, -0.25) is 0 Å². The average molecular weight is 367 g/mol. The molecular formula is C22H25NO4. The van der Waals surface area contributed by atoms with Crippen molar-refractivity contribution >= 4 is 6.09 Å². The van der Waals surface area contributed by atoms with E-state index in [1.807, 2.05) is 54.6 Å². The molecule has 1 heterocycles. The Bertz CT molecular complexity index is 793. The molecule has 0 aromatic heterocycles. The highest BCUT2D eigenvalue weighted by molar-refractivity contribution is 5.68. The lowest BCUT2D eigenvalue weighted by Gasteiger charge is -2.26. The predicted octanol–water partition coefficient (Wildman–Crippen LogP) is 3.56. The van der Waals surface area contributed by atoms with E-state index in [2.05, 4.69) is 0 Å². The van der Waals surface area contributed by atoms with Crippen molar-refractivity contribution in [3.8, 4) is 5.75 Å². The number of fused-ring (bicyclic) bond motifs is 1. The molecule has 4 rings (SSSR count). The quantitative estimate of drug-likeness (QED) is 0.898. The minimum Gasteiger partial charge on any atom is -0.497 e. The van der Waals surface area contributed by atoms with Crippen LogP contribution in [0.4, 0.5) is 4.79 Å². The van der Waals surface area contributed by atoms with Crippen LogP contribution < -0.4 is 4.74 Å². The Labute approximate surface area is 159 Å². The number of benzene rings is 2. The molecule has 1 aliphatic heterocycles. The Morgan fingerprint density at radius 3 is 2.48 bits per heavy atom. The van der Waals surface area contributed by atoms with Gasteiger partial charge in [-0.05, 0) is 47.9 Å². The summed E-state index contributed by atoms with van der Waals surface area (Å²) in [5.74, 6) is 1.35. The number of carbonyl (C=O) groups is 1. The maximum absolute atomic E-state index is 12.4. The molecule has 2 aliphatic rings. The highest BCUT2D eigenvalue weighted by atomic mass is 16.6. The standard InChI is InChI=1S/C22H25NO4/c1-26-20-9-5-8-19(10-20)22(25)11-17-13-23(14-18(17)12-22)21(24)27-15-16-6-3-2-4-7-16/h2-10,17-18,25H,11-15H2,1H3/t17-,18+,22-. The molecule has 1 saturated heterocycles. The number of ether oxygens (including phenoxy) is 2. The topological polar surface area (TPSA) is 59.0 Å². The predicted molar refractivity (Wildman–Crippen MR) is 101 cm³/mol. The number of rotatable bonds is 4. The van der Waals surface area contributed by atoms with Gasteiger partial charge in [-0.15, -0.1) is 0 Å². The molecule has 2 aromatic carbocycles. The summed E-state index contributed by atoms with van der Waals surface area (Å²) in [6.45, 7) is 1.58. The van der Waals surface area contributed by atoms with Crippen LogP contribution in [0, 0.1) is 11.8 Å². The van der Waals surface area contributed by atoms with Crippen LogP contribution in [0.5, 0.6) is 5.75 Å². The lowest BCUT2D eigenvalue weighted by Crippen LogP contribution is -2.32. The van der Waals surface area contributed by atoms with Crippen LogP contribution in [0.1, 0.15) is 24.0 Å². The van der Waals surface area contributed by atoms with Crippen LogP contribution in [0.15, 0.2) is 54.6 Å². The van der Waals surface area contributed by atoms with Crippen LogP contribution >= 0.6 is 0 Å². The third-order valence-corrected chi connectivity index (χ3v) is 5.85. The Morgan fingerprint density at radius 1 is 1.11 bits per heavy atom. The van der Waals surface area contributed by atoms with Crippen molar-refractivity contribution in [2.24, 2.45) is 11.8 Å². The summed E-state index contributed by atoms with van der Waals surface area (Å²) < 4.78 is 10.7. The van der Waals surface area contributed by atoms with E-state index in [9.17, 15) is 9.90 Å². The first kappa shape index (κ1) is 17.9. The smallest absolute Gasteiger partial charge is 0.410 e. The van der Waals surface area contributed by atoms with E-state index in [-0.39, 0.29) is 6.09 Å².